The Morgan fingerprint density at radius 2 is 1.84 bits per heavy atom. The number of likely N-dealkylation sites (N-methyl/N-ethyl adjacent to an activating group) is 1. The summed E-state index contributed by atoms with van der Waals surface area (Å²) >= 11 is 6.15. The Bertz CT molecular complexity index is 1190. The quantitative estimate of drug-likeness (QED) is 0.477. The maximum absolute atomic E-state index is 10.6. The summed E-state index contributed by atoms with van der Waals surface area (Å²) in [5.74, 6) is 1.64. The maximum Gasteiger partial charge on any atom is 0.226 e. The standard InChI is InChI=1S/C16H19N3.C12H16ClN3O.CH4O/c1-12-5-3-7-14(11-12)15-8-9-17-16(18-15)19-10-4-6-13(19)2;1-9-7-16(4-3-15(9)2)12-11(13)5-10(8-17)6-14-12;1-2/h3,5,7-9,11,13H,4,6,10H2,1-2H3;5-6,8-9H,3-4,7H2,1-2H3;2H,1H3. The Morgan fingerprint density at radius 3 is 2.47 bits per heavy atom. The highest BCUT2D eigenvalue weighted by molar-refractivity contribution is 6.33. The summed E-state index contributed by atoms with van der Waals surface area (Å²) in [6.45, 7) is 10.4. The minimum Gasteiger partial charge on any atom is -0.400 e. The molecule has 0 spiro atoms. The van der Waals surface area contributed by atoms with Crippen LogP contribution in [0.1, 0.15) is 42.6 Å². The summed E-state index contributed by atoms with van der Waals surface area (Å²) in [4.78, 5) is 30.8. The van der Waals surface area contributed by atoms with Gasteiger partial charge in [-0.2, -0.15) is 0 Å². The third kappa shape index (κ3) is 7.49. The normalized spacial score (nSPS) is 19.2. The Morgan fingerprint density at radius 1 is 1.05 bits per heavy atom. The number of anilines is 2. The van der Waals surface area contributed by atoms with Gasteiger partial charge >= 0.3 is 0 Å². The lowest BCUT2D eigenvalue weighted by atomic mass is 10.1. The molecule has 2 fully saturated rings. The molecule has 0 bridgehead atoms. The number of carbonyl (C=O) groups is 1. The van der Waals surface area contributed by atoms with Gasteiger partial charge in [0.15, 0.2) is 6.29 Å². The molecule has 204 valence electrons. The van der Waals surface area contributed by atoms with Crippen molar-refractivity contribution < 1.29 is 9.90 Å². The number of hydrogen-bond acceptors (Lipinski definition) is 8. The van der Waals surface area contributed by atoms with E-state index >= 15 is 0 Å². The fourth-order valence-electron chi connectivity index (χ4n) is 4.67. The van der Waals surface area contributed by atoms with Crippen molar-refractivity contribution in [1.82, 2.24) is 19.9 Å². The van der Waals surface area contributed by atoms with Gasteiger partial charge in [0.1, 0.15) is 5.82 Å². The number of carbonyl (C=O) groups excluding carboxylic acids is 1. The topological polar surface area (TPSA) is 85.7 Å². The minimum absolute atomic E-state index is 0.479. The number of aliphatic hydroxyl groups is 1. The lowest BCUT2D eigenvalue weighted by Crippen LogP contribution is -2.50. The first-order chi connectivity index (χ1) is 18.4. The highest BCUT2D eigenvalue weighted by Crippen LogP contribution is 2.26. The predicted octanol–water partition coefficient (Wildman–Crippen LogP) is 4.74. The van der Waals surface area contributed by atoms with E-state index in [-0.39, 0.29) is 0 Å². The summed E-state index contributed by atoms with van der Waals surface area (Å²) in [7, 11) is 3.12. The van der Waals surface area contributed by atoms with Crippen LogP contribution in [0.15, 0.2) is 48.8 Å². The highest BCUT2D eigenvalue weighted by atomic mass is 35.5. The Hall–Kier alpha value is -3.07. The summed E-state index contributed by atoms with van der Waals surface area (Å²) < 4.78 is 0. The molecule has 9 heteroatoms. The number of pyridine rings is 1. The van der Waals surface area contributed by atoms with Crippen molar-refractivity contribution in [2.24, 2.45) is 0 Å². The number of aldehydes is 1. The summed E-state index contributed by atoms with van der Waals surface area (Å²) in [6, 6.07) is 13.1. The van der Waals surface area contributed by atoms with Gasteiger partial charge in [0.05, 0.1) is 10.7 Å². The molecular formula is C29H39ClN6O2. The predicted molar refractivity (Wildman–Crippen MR) is 155 cm³/mol. The molecule has 8 nitrogen and oxygen atoms in total. The number of hydrogen-bond donors (Lipinski definition) is 1. The molecule has 0 radical (unpaired) electrons. The van der Waals surface area contributed by atoms with Gasteiger partial charge in [0, 0.05) is 68.9 Å². The average molecular weight is 539 g/mol. The number of aryl methyl sites for hydroxylation is 1. The smallest absolute Gasteiger partial charge is 0.226 e. The summed E-state index contributed by atoms with van der Waals surface area (Å²) in [5, 5.41) is 7.55. The Kier molecular flexibility index (Phi) is 11.0. The first-order valence-electron chi connectivity index (χ1n) is 13.0. The molecule has 2 unspecified atom stereocenters. The first kappa shape index (κ1) is 29.5. The van der Waals surface area contributed by atoms with Gasteiger partial charge in [-0.1, -0.05) is 35.4 Å². The van der Waals surface area contributed by atoms with Gasteiger partial charge in [-0.05, 0) is 58.9 Å². The molecule has 1 N–H and O–H groups in total. The number of aliphatic hydroxyl groups excluding tert-OH is 1. The van der Waals surface area contributed by atoms with Crippen LogP contribution < -0.4 is 9.80 Å². The molecule has 0 saturated carbocycles. The van der Waals surface area contributed by atoms with Crippen LogP contribution in [0.25, 0.3) is 11.3 Å². The van der Waals surface area contributed by atoms with Crippen molar-refractivity contribution in [1.29, 1.82) is 0 Å². The van der Waals surface area contributed by atoms with Crippen molar-refractivity contribution in [3.8, 4) is 11.3 Å². The van der Waals surface area contributed by atoms with Crippen molar-refractivity contribution in [3.63, 3.8) is 0 Å². The molecule has 2 aromatic heterocycles. The average Bonchev–Trinajstić information content (AvgIpc) is 3.37. The Labute approximate surface area is 231 Å². The third-order valence-electron chi connectivity index (χ3n) is 7.00. The number of benzene rings is 1. The van der Waals surface area contributed by atoms with Crippen LogP contribution in [0.3, 0.4) is 0 Å². The first-order valence-corrected chi connectivity index (χ1v) is 13.4. The van der Waals surface area contributed by atoms with E-state index in [1.165, 1.54) is 18.4 Å². The highest BCUT2D eigenvalue weighted by Gasteiger charge is 2.24. The minimum atomic E-state index is 0.479. The van der Waals surface area contributed by atoms with E-state index in [9.17, 15) is 4.79 Å². The molecular weight excluding hydrogens is 500 g/mol. The van der Waals surface area contributed by atoms with E-state index in [4.69, 9.17) is 21.7 Å². The second kappa shape index (κ2) is 14.2. The monoisotopic (exact) mass is 538 g/mol. The number of rotatable bonds is 4. The largest absolute Gasteiger partial charge is 0.400 e. The van der Waals surface area contributed by atoms with Gasteiger partial charge in [-0.25, -0.2) is 15.0 Å². The lowest BCUT2D eigenvalue weighted by molar-refractivity contribution is 0.112. The van der Waals surface area contributed by atoms with Gasteiger partial charge < -0.3 is 19.8 Å². The van der Waals surface area contributed by atoms with Crippen LogP contribution in [0.5, 0.6) is 0 Å². The van der Waals surface area contributed by atoms with Gasteiger partial charge in [-0.15, -0.1) is 0 Å². The van der Waals surface area contributed by atoms with Crippen LogP contribution in [-0.2, 0) is 0 Å². The molecule has 2 aliphatic heterocycles. The molecule has 3 aromatic rings. The zero-order valence-corrected chi connectivity index (χ0v) is 23.8. The molecule has 4 heterocycles. The molecule has 2 atom stereocenters. The van der Waals surface area contributed by atoms with Crippen LogP contribution in [-0.4, -0.2) is 83.7 Å². The Balaban J connectivity index is 0.000000199. The summed E-state index contributed by atoms with van der Waals surface area (Å²) in [6.07, 6.45) is 6.66. The fourth-order valence-corrected chi connectivity index (χ4v) is 4.96. The second-order valence-electron chi connectivity index (χ2n) is 9.76. The van der Waals surface area contributed by atoms with Gasteiger partial charge in [0.2, 0.25) is 5.95 Å². The molecule has 0 amide bonds. The van der Waals surface area contributed by atoms with Crippen LogP contribution in [0.2, 0.25) is 5.02 Å². The van der Waals surface area contributed by atoms with E-state index in [2.05, 4.69) is 76.8 Å². The number of halogens is 1. The molecule has 0 aliphatic carbocycles. The molecule has 2 aliphatic rings. The van der Waals surface area contributed by atoms with Crippen molar-refractivity contribution >= 4 is 29.7 Å². The van der Waals surface area contributed by atoms with E-state index in [0.29, 0.717) is 22.7 Å². The lowest BCUT2D eigenvalue weighted by Gasteiger charge is -2.38. The SMILES string of the molecule is CC1CN(c2ncc(C=O)cc2Cl)CCN1C.CO.Cc1cccc(-c2ccnc(N3CCCC3C)n2)c1. The van der Waals surface area contributed by atoms with Crippen LogP contribution in [0, 0.1) is 6.92 Å². The zero-order chi connectivity index (χ0) is 27.7. The second-order valence-corrected chi connectivity index (χ2v) is 10.2. The van der Waals surface area contributed by atoms with Gasteiger partial charge in [-0.3, -0.25) is 4.79 Å². The number of aromatic nitrogens is 3. The van der Waals surface area contributed by atoms with Crippen molar-refractivity contribution in [2.45, 2.75) is 45.7 Å². The van der Waals surface area contributed by atoms with Gasteiger partial charge in [0.25, 0.3) is 0 Å². The van der Waals surface area contributed by atoms with E-state index in [1.54, 1.807) is 12.3 Å². The fraction of sp³-hybridized carbons (Fsp3) is 0.448. The van der Waals surface area contributed by atoms with Crippen LogP contribution in [0.4, 0.5) is 11.8 Å². The number of nitrogens with zero attached hydrogens (tertiary/aromatic N) is 6. The maximum atomic E-state index is 10.6. The van der Waals surface area contributed by atoms with Crippen molar-refractivity contribution in [2.75, 3.05) is 50.1 Å². The number of piperazine rings is 1. The zero-order valence-electron chi connectivity index (χ0n) is 23.0. The van der Waals surface area contributed by atoms with Crippen molar-refractivity contribution in [3.05, 3.63) is 64.9 Å². The van der Waals surface area contributed by atoms with Crippen LogP contribution >= 0.6 is 11.6 Å². The molecule has 1 aromatic carbocycles. The van der Waals surface area contributed by atoms with E-state index in [1.807, 2.05) is 12.3 Å². The molecule has 2 saturated heterocycles. The van der Waals surface area contributed by atoms with E-state index in [0.717, 1.165) is 62.6 Å². The molecule has 38 heavy (non-hydrogen) atoms. The summed E-state index contributed by atoms with van der Waals surface area (Å²) in [5.41, 5.74) is 3.94. The molecule has 5 rings (SSSR count). The van der Waals surface area contributed by atoms with E-state index < -0.39 is 0 Å². The third-order valence-corrected chi connectivity index (χ3v) is 7.28.